The Morgan fingerprint density at radius 1 is 0.861 bits per heavy atom. The Bertz CT molecular complexity index is 1690. The molecule has 10 heteroatoms. The van der Waals surface area contributed by atoms with Gasteiger partial charge < -0.3 is 8.98 Å². The van der Waals surface area contributed by atoms with Crippen molar-refractivity contribution in [2.75, 3.05) is 0 Å². The van der Waals surface area contributed by atoms with Crippen LogP contribution in [-0.4, -0.2) is 34.5 Å². The maximum Gasteiger partial charge on any atom is 0.248 e. The van der Waals surface area contributed by atoms with Gasteiger partial charge in [-0.1, -0.05) is 0 Å². The second-order valence-corrected chi connectivity index (χ2v) is 8.13. The van der Waals surface area contributed by atoms with Gasteiger partial charge >= 0.3 is 0 Å². The molecule has 0 atom stereocenters. The lowest BCUT2D eigenvalue weighted by Crippen LogP contribution is -2.09. The van der Waals surface area contributed by atoms with Crippen molar-refractivity contribution in [3.8, 4) is 28.6 Å². The van der Waals surface area contributed by atoms with E-state index in [9.17, 15) is 8.78 Å². The van der Waals surface area contributed by atoms with Gasteiger partial charge in [-0.3, -0.25) is 4.98 Å². The fourth-order valence-electron chi connectivity index (χ4n) is 4.24. The molecule has 6 aromatic rings. The van der Waals surface area contributed by atoms with Crippen molar-refractivity contribution >= 4 is 11.0 Å². The minimum absolute atomic E-state index is 0.0536. The third-order valence-electron chi connectivity index (χ3n) is 5.94. The van der Waals surface area contributed by atoms with Gasteiger partial charge in [-0.25, -0.2) is 18.4 Å². The van der Waals surface area contributed by atoms with Crippen LogP contribution in [0, 0.1) is 11.6 Å². The molecule has 8 nitrogen and oxygen atoms in total. The predicted molar refractivity (Wildman–Crippen MR) is 128 cm³/mol. The minimum Gasteiger partial charge on any atom is -0.416 e. The van der Waals surface area contributed by atoms with Crippen molar-refractivity contribution in [3.05, 3.63) is 96.3 Å². The average Bonchev–Trinajstić information content (AvgIpc) is 3.64. The molecular weight excluding hydrogens is 464 g/mol. The summed E-state index contributed by atoms with van der Waals surface area (Å²) >= 11 is 0. The molecule has 0 radical (unpaired) electrons. The van der Waals surface area contributed by atoms with Crippen LogP contribution in [0.4, 0.5) is 8.78 Å². The summed E-state index contributed by atoms with van der Waals surface area (Å²) in [7, 11) is 0. The van der Waals surface area contributed by atoms with Crippen molar-refractivity contribution in [3.63, 3.8) is 0 Å². The molecule has 0 fully saturated rings. The topological polar surface area (TPSA) is 87.5 Å². The monoisotopic (exact) mass is 483 g/mol. The largest absolute Gasteiger partial charge is 0.416 e. The summed E-state index contributed by atoms with van der Waals surface area (Å²) in [6.07, 6.45) is 5.27. The first-order valence-electron chi connectivity index (χ1n) is 11.3. The number of nitrogens with zero attached hydrogens (tertiary/aromatic N) is 7. The summed E-state index contributed by atoms with van der Waals surface area (Å²) in [6.45, 7) is 2.71. The maximum atomic E-state index is 14.4. The minimum atomic E-state index is -0.555. The van der Waals surface area contributed by atoms with E-state index in [0.29, 0.717) is 30.4 Å². The molecule has 2 aromatic carbocycles. The highest BCUT2D eigenvalue weighted by atomic mass is 19.1. The fourth-order valence-corrected chi connectivity index (χ4v) is 4.24. The van der Waals surface area contributed by atoms with Crippen LogP contribution in [0.5, 0.6) is 0 Å². The smallest absolute Gasteiger partial charge is 0.248 e. The highest BCUT2D eigenvalue weighted by Crippen LogP contribution is 2.28. The number of imidazole rings is 1. The first-order valence-corrected chi connectivity index (χ1v) is 11.3. The van der Waals surface area contributed by atoms with Gasteiger partial charge in [0, 0.05) is 48.7 Å². The number of aromatic nitrogens is 7. The molecule has 0 amide bonds. The SMILES string of the molecule is CCn1c(Cc2ccnn2-c2cc(F)ccc2F)nc2cc(-c3nnc(-c4ccncc4)o3)ccc21. The Kier molecular flexibility index (Phi) is 5.33. The number of aryl methyl sites for hydroxylation is 1. The zero-order valence-electron chi connectivity index (χ0n) is 19.1. The zero-order chi connectivity index (χ0) is 24.6. The van der Waals surface area contributed by atoms with Crippen LogP contribution in [0.2, 0.25) is 0 Å². The van der Waals surface area contributed by atoms with Gasteiger partial charge in [0.2, 0.25) is 11.8 Å². The molecule has 0 saturated carbocycles. The Morgan fingerprint density at radius 2 is 1.67 bits per heavy atom. The number of benzene rings is 2. The van der Waals surface area contributed by atoms with Gasteiger partial charge in [-0.2, -0.15) is 5.10 Å². The fraction of sp³-hybridized carbons (Fsp3) is 0.115. The molecule has 4 heterocycles. The van der Waals surface area contributed by atoms with E-state index in [1.807, 2.05) is 25.1 Å². The first-order chi connectivity index (χ1) is 17.6. The van der Waals surface area contributed by atoms with E-state index < -0.39 is 11.6 Å². The van der Waals surface area contributed by atoms with Crippen LogP contribution >= 0.6 is 0 Å². The number of rotatable bonds is 6. The summed E-state index contributed by atoms with van der Waals surface area (Å²) in [4.78, 5) is 8.84. The molecule has 0 unspecified atom stereocenters. The number of hydrogen-bond donors (Lipinski definition) is 0. The van der Waals surface area contributed by atoms with Gasteiger partial charge in [0.25, 0.3) is 0 Å². The van der Waals surface area contributed by atoms with Crippen molar-refractivity contribution in [1.82, 2.24) is 34.5 Å². The Labute approximate surface area is 203 Å². The molecule has 0 saturated heterocycles. The zero-order valence-corrected chi connectivity index (χ0v) is 19.1. The highest BCUT2D eigenvalue weighted by Gasteiger charge is 2.17. The van der Waals surface area contributed by atoms with Gasteiger partial charge in [-0.05, 0) is 55.5 Å². The number of halogens is 2. The molecule has 0 aliphatic heterocycles. The average molecular weight is 483 g/mol. The van der Waals surface area contributed by atoms with Gasteiger partial charge in [0.05, 0.1) is 16.7 Å². The predicted octanol–water partition coefficient (Wildman–Crippen LogP) is 5.22. The van der Waals surface area contributed by atoms with Crippen LogP contribution in [0.1, 0.15) is 18.4 Å². The Balaban J connectivity index is 1.36. The molecule has 0 bridgehead atoms. The van der Waals surface area contributed by atoms with Crippen molar-refractivity contribution < 1.29 is 13.2 Å². The second-order valence-electron chi connectivity index (χ2n) is 8.13. The molecule has 6 rings (SSSR count). The van der Waals surface area contributed by atoms with Gasteiger partial charge in [0.15, 0.2) is 0 Å². The molecule has 36 heavy (non-hydrogen) atoms. The Morgan fingerprint density at radius 3 is 2.47 bits per heavy atom. The maximum absolute atomic E-state index is 14.4. The van der Waals surface area contributed by atoms with Crippen LogP contribution < -0.4 is 0 Å². The molecular formula is C26H19F2N7O. The summed E-state index contributed by atoms with van der Waals surface area (Å²) < 4.78 is 37.6. The molecule has 0 spiro atoms. The van der Waals surface area contributed by atoms with E-state index in [2.05, 4.69) is 24.8 Å². The normalized spacial score (nSPS) is 11.4. The molecule has 0 N–H and O–H groups in total. The van der Waals surface area contributed by atoms with E-state index in [1.54, 1.807) is 36.8 Å². The second kappa shape index (κ2) is 8.81. The van der Waals surface area contributed by atoms with Crippen molar-refractivity contribution in [2.24, 2.45) is 0 Å². The lowest BCUT2D eigenvalue weighted by Gasteiger charge is -2.10. The molecule has 0 aliphatic carbocycles. The lowest BCUT2D eigenvalue weighted by molar-refractivity contribution is 0.583. The summed E-state index contributed by atoms with van der Waals surface area (Å²) in [6, 6.07) is 14.5. The van der Waals surface area contributed by atoms with E-state index in [0.717, 1.165) is 46.2 Å². The first kappa shape index (κ1) is 21.8. The molecule has 178 valence electrons. The van der Waals surface area contributed by atoms with E-state index in [1.165, 1.54) is 4.68 Å². The lowest BCUT2D eigenvalue weighted by atomic mass is 10.2. The van der Waals surface area contributed by atoms with Crippen molar-refractivity contribution in [2.45, 2.75) is 19.9 Å². The van der Waals surface area contributed by atoms with Crippen LogP contribution in [0.3, 0.4) is 0 Å². The Hall–Kier alpha value is -4.73. The van der Waals surface area contributed by atoms with E-state index in [4.69, 9.17) is 9.40 Å². The number of hydrogen-bond acceptors (Lipinski definition) is 6. The summed E-state index contributed by atoms with van der Waals surface area (Å²) in [5, 5.41) is 12.6. The van der Waals surface area contributed by atoms with Crippen LogP contribution in [0.15, 0.2) is 77.6 Å². The van der Waals surface area contributed by atoms with Gasteiger partial charge in [-0.15, -0.1) is 10.2 Å². The molecule has 0 aliphatic rings. The third-order valence-corrected chi connectivity index (χ3v) is 5.94. The van der Waals surface area contributed by atoms with E-state index >= 15 is 0 Å². The standard InChI is InChI=1S/C26H19F2N7O/c1-2-34-22-6-3-17(26-33-32-25(36-26)16-7-10-29-11-8-16)13-21(22)31-24(34)15-19-9-12-30-35(19)23-14-18(27)4-5-20(23)28/h3-14H,2,15H2,1H3. The van der Waals surface area contributed by atoms with Crippen LogP contribution in [-0.2, 0) is 13.0 Å². The molecule has 4 aromatic heterocycles. The van der Waals surface area contributed by atoms with Crippen LogP contribution in [0.25, 0.3) is 39.6 Å². The third kappa shape index (κ3) is 3.82. The quantitative estimate of drug-likeness (QED) is 0.323. The van der Waals surface area contributed by atoms with Gasteiger partial charge in [0.1, 0.15) is 23.1 Å². The number of fused-ring (bicyclic) bond motifs is 1. The van der Waals surface area contributed by atoms with Crippen molar-refractivity contribution in [1.29, 1.82) is 0 Å². The summed E-state index contributed by atoms with van der Waals surface area (Å²) in [5.74, 6) is 0.474. The van der Waals surface area contributed by atoms with E-state index in [-0.39, 0.29) is 5.69 Å². The highest BCUT2D eigenvalue weighted by molar-refractivity contribution is 5.81. The number of pyridine rings is 1. The summed E-state index contributed by atoms with van der Waals surface area (Å²) in [5.41, 5.74) is 3.97.